The number of nitrogens with zero attached hydrogens (tertiary/aromatic N) is 4. The third-order valence-corrected chi connectivity index (χ3v) is 10.7. The Bertz CT molecular complexity index is 2890. The van der Waals surface area contributed by atoms with Crippen molar-refractivity contribution in [2.45, 2.75) is 25.2 Å². The Morgan fingerprint density at radius 2 is 1.35 bits per heavy atom. The molecule has 5 heteroatoms. The average Bonchev–Trinajstić information content (AvgIpc) is 3.85. The molecular weight excluding hydrogens is 816 g/mol. The molecule has 0 atom stereocenters. The topological polar surface area (TPSA) is 27.7 Å². The molecule has 3 aromatic heterocycles. The van der Waals surface area contributed by atoms with Gasteiger partial charge >= 0.3 is 0 Å². The van der Waals surface area contributed by atoms with E-state index in [2.05, 4.69) is 140 Å². The molecule has 0 saturated heterocycles. The van der Waals surface area contributed by atoms with Crippen molar-refractivity contribution in [2.75, 3.05) is 0 Å². The second-order valence-electron chi connectivity index (χ2n) is 13.7. The van der Waals surface area contributed by atoms with E-state index in [0.717, 1.165) is 61.1 Å². The van der Waals surface area contributed by atoms with Gasteiger partial charge in [0.1, 0.15) is 5.82 Å². The van der Waals surface area contributed by atoms with E-state index in [1.807, 2.05) is 41.1 Å². The summed E-state index contributed by atoms with van der Waals surface area (Å²) in [7, 11) is 0. The third-order valence-electron chi connectivity index (χ3n) is 10.7. The van der Waals surface area contributed by atoms with Gasteiger partial charge in [-0.2, -0.15) is 30.3 Å². The van der Waals surface area contributed by atoms with Gasteiger partial charge in [-0.05, 0) is 69.5 Å². The van der Waals surface area contributed by atoms with E-state index in [-0.39, 0.29) is 21.1 Å². The molecule has 52 heavy (non-hydrogen) atoms. The molecule has 3 heterocycles. The number of pyridine rings is 1. The van der Waals surface area contributed by atoms with Gasteiger partial charge in [-0.3, -0.25) is 0 Å². The van der Waals surface area contributed by atoms with Gasteiger partial charge in [0.05, 0.1) is 0 Å². The molecule has 1 aliphatic rings. The van der Waals surface area contributed by atoms with Crippen LogP contribution in [0.4, 0.5) is 0 Å². The van der Waals surface area contributed by atoms with Crippen molar-refractivity contribution in [3.63, 3.8) is 0 Å². The predicted molar refractivity (Wildman–Crippen MR) is 208 cm³/mol. The van der Waals surface area contributed by atoms with Crippen LogP contribution in [0, 0.1) is 12.1 Å². The number of fused-ring (bicyclic) bond motifs is 7. The van der Waals surface area contributed by atoms with E-state index in [4.69, 9.17) is 9.10 Å². The monoisotopic (exact) mass is 853 g/mol. The first-order valence-electron chi connectivity index (χ1n) is 18.9. The average molecular weight is 854 g/mol. The molecule has 0 spiro atoms. The Labute approximate surface area is 322 Å². The second kappa shape index (κ2) is 12.3. The molecule has 9 aromatic rings. The van der Waals surface area contributed by atoms with Gasteiger partial charge in [0.15, 0.2) is 17.4 Å². The molecule has 0 N–H and O–H groups in total. The van der Waals surface area contributed by atoms with Crippen LogP contribution < -0.4 is 0 Å². The number of hydrogen-bond acceptors (Lipinski definition) is 1. The molecule has 0 radical (unpaired) electrons. The number of para-hydroxylation sites is 3. The van der Waals surface area contributed by atoms with Crippen molar-refractivity contribution >= 4 is 32.8 Å². The van der Waals surface area contributed by atoms with Gasteiger partial charge < -0.3 is 4.57 Å². The van der Waals surface area contributed by atoms with E-state index >= 15 is 0 Å². The first-order valence-corrected chi connectivity index (χ1v) is 17.4. The van der Waals surface area contributed by atoms with E-state index in [1.165, 1.54) is 21.3 Å². The first kappa shape index (κ1) is 29.1. The van der Waals surface area contributed by atoms with E-state index in [9.17, 15) is 0 Å². The Kier molecular flexibility index (Phi) is 6.86. The molecule has 0 unspecified atom stereocenters. The van der Waals surface area contributed by atoms with Crippen molar-refractivity contribution in [3.05, 3.63) is 192 Å². The molecule has 0 saturated carbocycles. The summed E-state index contributed by atoms with van der Waals surface area (Å²) in [6.45, 7) is 2.06. The van der Waals surface area contributed by atoms with Crippen LogP contribution in [-0.4, -0.2) is 18.7 Å². The zero-order valence-electron chi connectivity index (χ0n) is 31.6. The van der Waals surface area contributed by atoms with Crippen molar-refractivity contribution in [1.29, 1.82) is 0 Å². The Balaban J connectivity index is 0.00000397. The zero-order valence-corrected chi connectivity index (χ0v) is 30.9. The second-order valence-corrected chi connectivity index (χ2v) is 13.7. The summed E-state index contributed by atoms with van der Waals surface area (Å²) < 4.78 is 30.4. The number of benzene rings is 6. The van der Waals surface area contributed by atoms with Gasteiger partial charge in [-0.1, -0.05) is 92.2 Å². The Hall–Kier alpha value is -5.57. The maximum absolute atomic E-state index is 8.30. The summed E-state index contributed by atoms with van der Waals surface area (Å²) in [6.07, 6.45) is 3.58. The summed E-state index contributed by atoms with van der Waals surface area (Å²) in [6, 6.07) is 56.2. The fraction of sp³-hybridized carbons (Fsp3) is 0.106. The SMILES string of the molecule is [2H]C([2H])([2H])n1[cH+]n(-c2[c-]c(C3(c4[c-]c5c(cc4)c4ccccc4n5-c4cc(C(C)C)ccn4)c4ccccc4-c4ccccc43)ccc2)c2ccccc21.[Pt]. The van der Waals surface area contributed by atoms with Crippen LogP contribution in [0.15, 0.2) is 152 Å². The summed E-state index contributed by atoms with van der Waals surface area (Å²) >= 11 is 0. The fourth-order valence-corrected chi connectivity index (χ4v) is 8.34. The number of aryl methyl sites for hydroxylation is 1. The quantitative estimate of drug-likeness (QED) is 0.159. The number of rotatable bonds is 5. The minimum absolute atomic E-state index is 0. The van der Waals surface area contributed by atoms with Crippen LogP contribution in [0.1, 0.15) is 51.7 Å². The Morgan fingerprint density at radius 3 is 2.10 bits per heavy atom. The van der Waals surface area contributed by atoms with Crippen LogP contribution >= 0.6 is 0 Å². The normalized spacial score (nSPS) is 14.2. The van der Waals surface area contributed by atoms with Gasteiger partial charge in [0, 0.05) is 67.1 Å². The first-order chi connectivity index (χ1) is 26.2. The maximum atomic E-state index is 8.30. The smallest absolute Gasteiger partial charge is 0.188 e. The fourth-order valence-electron chi connectivity index (χ4n) is 8.34. The third kappa shape index (κ3) is 4.57. The number of imidazole rings is 1. The molecule has 10 rings (SSSR count). The molecule has 6 aromatic carbocycles. The van der Waals surface area contributed by atoms with Crippen LogP contribution in [0.3, 0.4) is 0 Å². The maximum Gasteiger partial charge on any atom is 0.188 e. The molecule has 0 bridgehead atoms. The molecule has 4 nitrogen and oxygen atoms in total. The van der Waals surface area contributed by atoms with Gasteiger partial charge in [0.25, 0.3) is 0 Å². The zero-order chi connectivity index (χ0) is 36.8. The largest absolute Gasteiger partial charge is 0.319 e. The molecule has 0 aliphatic heterocycles. The minimum atomic E-state index is -2.35. The van der Waals surface area contributed by atoms with Gasteiger partial charge in [0.2, 0.25) is 0 Å². The molecule has 0 fully saturated rings. The number of aromatic nitrogens is 4. The predicted octanol–water partition coefficient (Wildman–Crippen LogP) is 10.8. The van der Waals surface area contributed by atoms with Crippen molar-refractivity contribution in [2.24, 2.45) is 6.98 Å². The number of hydrogen-bond donors (Lipinski definition) is 0. The summed E-state index contributed by atoms with van der Waals surface area (Å²) in [5, 5.41) is 2.25. The van der Waals surface area contributed by atoms with Crippen LogP contribution in [-0.2, 0) is 33.5 Å². The van der Waals surface area contributed by atoms with Gasteiger partial charge in [-0.15, -0.1) is 22.6 Å². The van der Waals surface area contributed by atoms with Crippen LogP contribution in [0.5, 0.6) is 0 Å². The summed E-state index contributed by atoms with van der Waals surface area (Å²) in [5.41, 5.74) is 11.2. The molecule has 1 aliphatic carbocycles. The van der Waals surface area contributed by atoms with E-state index in [1.54, 1.807) is 6.33 Å². The van der Waals surface area contributed by atoms with Crippen molar-refractivity contribution < 1.29 is 25.2 Å². The molecular formula is C47H35N4Pt-. The Morgan fingerprint density at radius 1 is 0.673 bits per heavy atom. The molecule has 254 valence electrons. The van der Waals surface area contributed by atoms with Crippen LogP contribution in [0.25, 0.3) is 55.5 Å². The standard InChI is InChI=1S/C47H35N4.Pt/c1-31(2)32-25-26-48-46(27-32)51-42-20-9-6-17-38(42)39-24-23-34(29-45(39)51)47(40-18-7-4-15-36(40)37-16-5-8-19-41(37)47)33-13-12-14-35(28-33)50-30-49(3)43-21-10-11-22-44(43)50;/h4-27,30-31H,1-3H3;/q-1;/i3D3;. The molecule has 0 amide bonds. The van der Waals surface area contributed by atoms with Crippen LogP contribution in [0.2, 0.25) is 0 Å². The van der Waals surface area contributed by atoms with E-state index < -0.39 is 12.4 Å². The van der Waals surface area contributed by atoms with E-state index in [0.29, 0.717) is 11.4 Å². The summed E-state index contributed by atoms with van der Waals surface area (Å²) in [4.78, 5) is 4.92. The van der Waals surface area contributed by atoms with Gasteiger partial charge in [-0.25, -0.2) is 14.1 Å². The summed E-state index contributed by atoms with van der Waals surface area (Å²) in [5.74, 6) is 1.21. The minimum Gasteiger partial charge on any atom is -0.319 e. The van der Waals surface area contributed by atoms with Crippen molar-refractivity contribution in [3.8, 4) is 22.6 Å². The van der Waals surface area contributed by atoms with Crippen molar-refractivity contribution in [1.82, 2.24) is 18.7 Å².